The van der Waals surface area contributed by atoms with Crippen molar-refractivity contribution >= 4 is 44.5 Å². The normalized spacial score (nSPS) is 15.6. The van der Waals surface area contributed by atoms with Crippen molar-refractivity contribution < 1.29 is 14.7 Å². The van der Waals surface area contributed by atoms with Gasteiger partial charge in [-0.3, -0.25) is 10.1 Å². The van der Waals surface area contributed by atoms with Crippen molar-refractivity contribution in [2.24, 2.45) is 5.92 Å². The standard InChI is InChI=1S/C27H35N5O3S/c1-16-10-12-32(13-11-16)23-19(7-9-22(30-23)27(3,4)5)15-28-24(33)17(2)18-6-8-20-21(14-18)36-25(29-20)31-26(34)35/h6-9,14,16-17H,10-13,15H2,1-5H3,(H,28,33)(H,29,31)(H,34,35). The van der Waals surface area contributed by atoms with Gasteiger partial charge in [-0.1, -0.05) is 51.2 Å². The number of pyridine rings is 1. The molecule has 8 nitrogen and oxygen atoms in total. The molecule has 9 heteroatoms. The molecular formula is C27H35N5O3S. The minimum Gasteiger partial charge on any atom is -0.465 e. The number of piperidine rings is 1. The number of nitrogens with one attached hydrogen (secondary N) is 2. The van der Waals surface area contributed by atoms with Crippen molar-refractivity contribution in [1.82, 2.24) is 15.3 Å². The number of nitrogens with zero attached hydrogens (tertiary/aromatic N) is 3. The Morgan fingerprint density at radius 3 is 2.56 bits per heavy atom. The van der Waals surface area contributed by atoms with Gasteiger partial charge in [0.15, 0.2) is 5.13 Å². The fourth-order valence-electron chi connectivity index (χ4n) is 4.37. The molecule has 0 spiro atoms. The fourth-order valence-corrected chi connectivity index (χ4v) is 5.27. The van der Waals surface area contributed by atoms with Gasteiger partial charge in [-0.05, 0) is 49.4 Å². The highest BCUT2D eigenvalue weighted by atomic mass is 32.1. The molecule has 1 aliphatic rings. The van der Waals surface area contributed by atoms with Crippen LogP contribution in [0.2, 0.25) is 0 Å². The lowest BCUT2D eigenvalue weighted by Crippen LogP contribution is -2.36. The van der Waals surface area contributed by atoms with Crippen molar-refractivity contribution in [3.05, 3.63) is 47.2 Å². The summed E-state index contributed by atoms with van der Waals surface area (Å²) in [5, 5.41) is 14.6. The van der Waals surface area contributed by atoms with Crippen LogP contribution in [0.5, 0.6) is 0 Å². The molecule has 3 N–H and O–H groups in total. The summed E-state index contributed by atoms with van der Waals surface area (Å²) in [6.07, 6.45) is 1.15. The molecule has 3 aromatic rings. The van der Waals surface area contributed by atoms with Crippen LogP contribution in [0.3, 0.4) is 0 Å². The van der Waals surface area contributed by atoms with Crippen LogP contribution in [-0.4, -0.2) is 40.2 Å². The number of hydrogen-bond acceptors (Lipinski definition) is 6. The third-order valence-electron chi connectivity index (χ3n) is 6.78. The Balaban J connectivity index is 1.49. The number of amides is 2. The molecular weight excluding hydrogens is 474 g/mol. The second-order valence-corrected chi connectivity index (χ2v) is 11.7. The second-order valence-electron chi connectivity index (χ2n) is 10.7. The van der Waals surface area contributed by atoms with Gasteiger partial charge in [0.1, 0.15) is 5.82 Å². The monoisotopic (exact) mass is 509 g/mol. The van der Waals surface area contributed by atoms with Crippen LogP contribution in [0.15, 0.2) is 30.3 Å². The third kappa shape index (κ3) is 5.95. The average molecular weight is 510 g/mol. The molecule has 1 aliphatic heterocycles. The van der Waals surface area contributed by atoms with Gasteiger partial charge in [0, 0.05) is 36.3 Å². The average Bonchev–Trinajstić information content (AvgIpc) is 3.22. The number of aromatic nitrogens is 2. The van der Waals surface area contributed by atoms with E-state index >= 15 is 0 Å². The zero-order valence-electron chi connectivity index (χ0n) is 21.6. The van der Waals surface area contributed by atoms with Crippen LogP contribution < -0.4 is 15.5 Å². The highest BCUT2D eigenvalue weighted by molar-refractivity contribution is 7.22. The van der Waals surface area contributed by atoms with Crippen LogP contribution in [-0.2, 0) is 16.8 Å². The van der Waals surface area contributed by atoms with E-state index in [1.165, 1.54) is 11.3 Å². The molecule has 1 aromatic carbocycles. The number of carbonyl (C=O) groups is 2. The molecule has 0 bridgehead atoms. The number of thiazole rings is 1. The highest BCUT2D eigenvalue weighted by Crippen LogP contribution is 2.31. The second kappa shape index (κ2) is 10.4. The molecule has 0 radical (unpaired) electrons. The lowest BCUT2D eigenvalue weighted by molar-refractivity contribution is -0.122. The molecule has 192 valence electrons. The Labute approximate surface area is 216 Å². The number of fused-ring (bicyclic) bond motifs is 1. The molecule has 2 amide bonds. The van der Waals surface area contributed by atoms with E-state index in [2.05, 4.69) is 60.3 Å². The predicted molar refractivity (Wildman–Crippen MR) is 145 cm³/mol. The minimum atomic E-state index is -1.15. The van der Waals surface area contributed by atoms with E-state index in [0.717, 1.165) is 59.2 Å². The van der Waals surface area contributed by atoms with Crippen molar-refractivity contribution in [1.29, 1.82) is 0 Å². The lowest BCUT2D eigenvalue weighted by Gasteiger charge is -2.33. The van der Waals surface area contributed by atoms with E-state index in [9.17, 15) is 9.59 Å². The van der Waals surface area contributed by atoms with Crippen molar-refractivity contribution in [2.75, 3.05) is 23.3 Å². The predicted octanol–water partition coefficient (Wildman–Crippen LogP) is 5.73. The summed E-state index contributed by atoms with van der Waals surface area (Å²) in [4.78, 5) is 35.7. The maximum absolute atomic E-state index is 13.1. The number of carbonyl (C=O) groups excluding carboxylic acids is 1. The van der Waals surface area contributed by atoms with Crippen LogP contribution in [0.4, 0.5) is 15.7 Å². The van der Waals surface area contributed by atoms with E-state index in [-0.39, 0.29) is 17.2 Å². The largest absolute Gasteiger partial charge is 0.465 e. The van der Waals surface area contributed by atoms with Crippen LogP contribution in [0.1, 0.15) is 70.2 Å². The van der Waals surface area contributed by atoms with E-state index in [0.29, 0.717) is 17.2 Å². The van der Waals surface area contributed by atoms with Gasteiger partial charge in [-0.2, -0.15) is 0 Å². The van der Waals surface area contributed by atoms with E-state index < -0.39 is 6.09 Å². The summed E-state index contributed by atoms with van der Waals surface area (Å²) in [6.45, 7) is 13.0. The van der Waals surface area contributed by atoms with Gasteiger partial charge in [-0.25, -0.2) is 14.8 Å². The maximum atomic E-state index is 13.1. The molecule has 2 aromatic heterocycles. The first-order chi connectivity index (χ1) is 17.0. The van der Waals surface area contributed by atoms with Crippen LogP contribution >= 0.6 is 11.3 Å². The summed E-state index contributed by atoms with van der Waals surface area (Å²) >= 11 is 1.25. The molecule has 1 atom stereocenters. The highest BCUT2D eigenvalue weighted by Gasteiger charge is 2.24. The van der Waals surface area contributed by atoms with Crippen LogP contribution in [0.25, 0.3) is 10.2 Å². The van der Waals surface area contributed by atoms with Crippen molar-refractivity contribution in [3.63, 3.8) is 0 Å². The minimum absolute atomic E-state index is 0.0523. The molecule has 4 rings (SSSR count). The van der Waals surface area contributed by atoms with Crippen molar-refractivity contribution in [2.45, 2.75) is 65.3 Å². The quantitative estimate of drug-likeness (QED) is 0.391. The Bertz CT molecular complexity index is 1260. The molecule has 3 heterocycles. The summed E-state index contributed by atoms with van der Waals surface area (Å²) in [5.41, 5.74) is 3.58. The van der Waals surface area contributed by atoms with E-state index in [4.69, 9.17) is 10.1 Å². The molecule has 0 saturated carbocycles. The topological polar surface area (TPSA) is 107 Å². The van der Waals surface area contributed by atoms with Gasteiger partial charge in [0.05, 0.1) is 16.1 Å². The lowest BCUT2D eigenvalue weighted by atomic mass is 9.91. The first kappa shape index (κ1) is 25.9. The maximum Gasteiger partial charge on any atom is 0.410 e. The van der Waals surface area contributed by atoms with Gasteiger partial charge >= 0.3 is 6.09 Å². The molecule has 1 unspecified atom stereocenters. The van der Waals surface area contributed by atoms with Crippen LogP contribution in [0, 0.1) is 5.92 Å². The van der Waals surface area contributed by atoms with Gasteiger partial charge in [0.25, 0.3) is 0 Å². The zero-order chi connectivity index (χ0) is 26.0. The van der Waals surface area contributed by atoms with Crippen molar-refractivity contribution in [3.8, 4) is 0 Å². The van der Waals surface area contributed by atoms with Gasteiger partial charge in [0.2, 0.25) is 5.91 Å². The summed E-state index contributed by atoms with van der Waals surface area (Å²) in [7, 11) is 0. The number of benzene rings is 1. The smallest absolute Gasteiger partial charge is 0.410 e. The number of carboxylic acid groups (broad SMARTS) is 1. The molecule has 36 heavy (non-hydrogen) atoms. The zero-order valence-corrected chi connectivity index (χ0v) is 22.4. The molecule has 1 saturated heterocycles. The first-order valence-electron chi connectivity index (χ1n) is 12.4. The van der Waals surface area contributed by atoms with Gasteiger partial charge in [-0.15, -0.1) is 0 Å². The third-order valence-corrected chi connectivity index (χ3v) is 7.71. The van der Waals surface area contributed by atoms with Gasteiger partial charge < -0.3 is 15.3 Å². The summed E-state index contributed by atoms with van der Waals surface area (Å²) in [6, 6.07) is 9.78. The Morgan fingerprint density at radius 1 is 1.17 bits per heavy atom. The summed E-state index contributed by atoms with van der Waals surface area (Å²) < 4.78 is 0.833. The number of hydrogen-bond donors (Lipinski definition) is 3. The summed E-state index contributed by atoms with van der Waals surface area (Å²) in [5.74, 6) is 1.27. The van der Waals surface area contributed by atoms with E-state index in [1.54, 1.807) is 0 Å². The Morgan fingerprint density at radius 2 is 1.89 bits per heavy atom. The Hall–Kier alpha value is -3.20. The Kier molecular flexibility index (Phi) is 7.49. The molecule has 1 fully saturated rings. The number of rotatable bonds is 6. The van der Waals surface area contributed by atoms with E-state index in [1.807, 2.05) is 25.1 Å². The molecule has 0 aliphatic carbocycles. The first-order valence-corrected chi connectivity index (χ1v) is 13.3. The number of anilines is 2. The fraction of sp³-hybridized carbons (Fsp3) is 0.481. The SMILES string of the molecule is CC1CCN(c2nc(C(C)(C)C)ccc2CNC(=O)C(C)c2ccc3nc(NC(=O)O)sc3c2)CC1.